The minimum Gasteiger partial charge on any atom is -0.497 e. The lowest BCUT2D eigenvalue weighted by molar-refractivity contribution is -0.139. The van der Waals surface area contributed by atoms with Crippen LogP contribution < -0.4 is 19.1 Å². The van der Waals surface area contributed by atoms with Crippen molar-refractivity contribution in [3.8, 4) is 11.5 Å². The van der Waals surface area contributed by atoms with Gasteiger partial charge < -0.3 is 19.7 Å². The molecule has 0 fully saturated rings. The molecule has 0 aliphatic rings. The van der Waals surface area contributed by atoms with Crippen LogP contribution in [0.2, 0.25) is 0 Å². The van der Waals surface area contributed by atoms with Gasteiger partial charge in [0.2, 0.25) is 11.8 Å². The second-order valence-electron chi connectivity index (χ2n) is 9.82. The number of methoxy groups -OCH3 is 1. The molecule has 0 unspecified atom stereocenters. The lowest BCUT2D eigenvalue weighted by atomic mass is 10.1. The van der Waals surface area contributed by atoms with Crippen molar-refractivity contribution in [3.05, 3.63) is 78.4 Å². The molecule has 0 bridgehead atoms. The van der Waals surface area contributed by atoms with Crippen LogP contribution in [-0.4, -0.2) is 63.7 Å². The Morgan fingerprint density at radius 1 is 0.905 bits per heavy atom. The number of anilines is 1. The highest BCUT2D eigenvalue weighted by atomic mass is 32.2. The summed E-state index contributed by atoms with van der Waals surface area (Å²) in [7, 11) is -2.60. The van der Waals surface area contributed by atoms with Gasteiger partial charge in [-0.1, -0.05) is 12.1 Å². The summed E-state index contributed by atoms with van der Waals surface area (Å²) in [6.07, 6.45) is 1.91. The molecule has 3 aromatic rings. The molecule has 0 aliphatic heterocycles. The van der Waals surface area contributed by atoms with Crippen molar-refractivity contribution in [2.75, 3.05) is 30.8 Å². The van der Waals surface area contributed by atoms with Crippen molar-refractivity contribution in [2.24, 2.45) is 0 Å². The van der Waals surface area contributed by atoms with Crippen LogP contribution in [-0.2, 0) is 26.2 Å². The van der Waals surface area contributed by atoms with Gasteiger partial charge in [-0.2, -0.15) is 0 Å². The number of benzene rings is 3. The molecule has 11 heteroatoms. The Hall–Kier alpha value is -3.70. The van der Waals surface area contributed by atoms with E-state index < -0.39 is 28.5 Å². The standard InChI is InChI=1S/C31H39N3O6S2/c1-7-40-27-14-10-25(11-15-27)34(42(37,38)29-18-16-28(41-6)17-19-29)21-30(35)33(23(4)31(36)32-22(2)3)20-24-8-12-26(39-5)13-9-24/h8-19,22-23H,7,20-21H2,1-6H3,(H,32,36)/t23-/m0/s1. The summed E-state index contributed by atoms with van der Waals surface area (Å²) in [6.45, 7) is 7.20. The van der Waals surface area contributed by atoms with Crippen LogP contribution in [0.3, 0.4) is 0 Å². The van der Waals surface area contributed by atoms with Gasteiger partial charge in [-0.25, -0.2) is 8.42 Å². The van der Waals surface area contributed by atoms with E-state index in [4.69, 9.17) is 9.47 Å². The zero-order valence-electron chi connectivity index (χ0n) is 24.9. The van der Waals surface area contributed by atoms with E-state index in [1.807, 2.05) is 27.0 Å². The summed E-state index contributed by atoms with van der Waals surface area (Å²) in [5.41, 5.74) is 1.06. The van der Waals surface area contributed by atoms with Crippen molar-refractivity contribution in [3.63, 3.8) is 0 Å². The van der Waals surface area contributed by atoms with E-state index >= 15 is 0 Å². The fraction of sp³-hybridized carbons (Fsp3) is 0.355. The van der Waals surface area contributed by atoms with Crippen LogP contribution in [0, 0.1) is 0 Å². The van der Waals surface area contributed by atoms with Crippen LogP contribution in [0.25, 0.3) is 0 Å². The van der Waals surface area contributed by atoms with Crippen LogP contribution in [0.1, 0.15) is 33.3 Å². The Kier molecular flexibility index (Phi) is 11.7. The number of nitrogens with zero attached hydrogens (tertiary/aromatic N) is 2. The highest BCUT2D eigenvalue weighted by Crippen LogP contribution is 2.28. The van der Waals surface area contributed by atoms with E-state index in [0.29, 0.717) is 23.8 Å². The zero-order chi connectivity index (χ0) is 30.9. The van der Waals surface area contributed by atoms with Gasteiger partial charge in [-0.3, -0.25) is 13.9 Å². The van der Waals surface area contributed by atoms with E-state index in [1.165, 1.54) is 28.8 Å². The molecular weight excluding hydrogens is 574 g/mol. The fourth-order valence-corrected chi connectivity index (χ4v) is 6.02. The van der Waals surface area contributed by atoms with E-state index in [9.17, 15) is 18.0 Å². The van der Waals surface area contributed by atoms with E-state index in [-0.39, 0.29) is 23.4 Å². The number of ether oxygens (including phenoxy) is 2. The molecule has 0 saturated carbocycles. The second-order valence-corrected chi connectivity index (χ2v) is 12.6. The van der Waals surface area contributed by atoms with Crippen LogP contribution in [0.5, 0.6) is 11.5 Å². The molecule has 0 radical (unpaired) electrons. The lowest BCUT2D eigenvalue weighted by Crippen LogP contribution is -2.52. The number of carbonyl (C=O) groups excluding carboxylic acids is 2. The number of rotatable bonds is 14. The van der Waals surface area contributed by atoms with Crippen LogP contribution in [0.4, 0.5) is 5.69 Å². The summed E-state index contributed by atoms with van der Waals surface area (Å²) < 4.78 is 39.9. The predicted molar refractivity (Wildman–Crippen MR) is 167 cm³/mol. The SMILES string of the molecule is CCOc1ccc(N(CC(=O)N(Cc2ccc(OC)cc2)[C@@H](C)C(=O)NC(C)C)S(=O)(=O)c2ccc(SC)cc2)cc1. The molecule has 0 spiro atoms. The van der Waals surface area contributed by atoms with Crippen LogP contribution >= 0.6 is 11.8 Å². The van der Waals surface area contributed by atoms with Gasteiger partial charge in [0.15, 0.2) is 0 Å². The number of hydrogen-bond acceptors (Lipinski definition) is 7. The molecule has 1 atom stereocenters. The van der Waals surface area contributed by atoms with Gasteiger partial charge in [0.05, 0.1) is 24.3 Å². The van der Waals surface area contributed by atoms with Gasteiger partial charge in [0, 0.05) is 17.5 Å². The third-order valence-electron chi connectivity index (χ3n) is 6.47. The first kappa shape index (κ1) is 32.8. The predicted octanol–water partition coefficient (Wildman–Crippen LogP) is 4.95. The lowest BCUT2D eigenvalue weighted by Gasteiger charge is -2.32. The van der Waals surface area contributed by atoms with Gasteiger partial charge in [0.1, 0.15) is 24.1 Å². The molecule has 1 N–H and O–H groups in total. The Morgan fingerprint density at radius 3 is 2.02 bits per heavy atom. The zero-order valence-corrected chi connectivity index (χ0v) is 26.5. The minimum atomic E-state index is -4.16. The average molecular weight is 614 g/mol. The summed E-state index contributed by atoms with van der Waals surface area (Å²) in [6, 6.07) is 19.2. The van der Waals surface area contributed by atoms with E-state index in [0.717, 1.165) is 14.8 Å². The monoisotopic (exact) mass is 613 g/mol. The van der Waals surface area contributed by atoms with Gasteiger partial charge in [-0.05, 0) is 100 Å². The van der Waals surface area contributed by atoms with E-state index in [2.05, 4.69) is 5.32 Å². The second kappa shape index (κ2) is 15.0. The topological polar surface area (TPSA) is 105 Å². The smallest absolute Gasteiger partial charge is 0.264 e. The quantitative estimate of drug-likeness (QED) is 0.257. The molecule has 9 nitrogen and oxygen atoms in total. The molecule has 3 rings (SSSR count). The van der Waals surface area contributed by atoms with Crippen molar-refractivity contribution in [2.45, 2.75) is 56.1 Å². The van der Waals surface area contributed by atoms with Gasteiger partial charge in [0.25, 0.3) is 10.0 Å². The first-order chi connectivity index (χ1) is 20.0. The third kappa shape index (κ3) is 8.42. The number of sulfonamides is 1. The maximum absolute atomic E-state index is 14.0. The number of amides is 2. The molecule has 0 aromatic heterocycles. The third-order valence-corrected chi connectivity index (χ3v) is 9.00. The number of hydrogen-bond donors (Lipinski definition) is 1. The summed E-state index contributed by atoms with van der Waals surface area (Å²) in [5, 5.41) is 2.85. The number of thioether (sulfide) groups is 1. The van der Waals surface area contributed by atoms with Crippen molar-refractivity contribution in [1.82, 2.24) is 10.2 Å². The van der Waals surface area contributed by atoms with Crippen molar-refractivity contribution in [1.29, 1.82) is 0 Å². The first-order valence-electron chi connectivity index (χ1n) is 13.6. The Labute approximate surface area is 253 Å². The minimum absolute atomic E-state index is 0.0503. The maximum atomic E-state index is 14.0. The van der Waals surface area contributed by atoms with Crippen molar-refractivity contribution < 1.29 is 27.5 Å². The van der Waals surface area contributed by atoms with Gasteiger partial charge in [-0.15, -0.1) is 11.8 Å². The molecule has 2 amide bonds. The Balaban J connectivity index is 2.03. The first-order valence-corrected chi connectivity index (χ1v) is 16.3. The summed E-state index contributed by atoms with van der Waals surface area (Å²) in [4.78, 5) is 29.4. The molecule has 0 saturated heterocycles. The number of nitrogens with one attached hydrogen (secondary N) is 1. The molecule has 0 aliphatic carbocycles. The summed E-state index contributed by atoms with van der Waals surface area (Å²) in [5.74, 6) is 0.363. The molecule has 3 aromatic carbocycles. The highest BCUT2D eigenvalue weighted by molar-refractivity contribution is 7.98. The average Bonchev–Trinajstić information content (AvgIpc) is 2.98. The Morgan fingerprint density at radius 2 is 1.50 bits per heavy atom. The fourth-order valence-electron chi connectivity index (χ4n) is 4.19. The Bertz CT molecular complexity index is 1430. The summed E-state index contributed by atoms with van der Waals surface area (Å²) >= 11 is 1.50. The number of carbonyl (C=O) groups is 2. The molecule has 42 heavy (non-hydrogen) atoms. The molecule has 0 heterocycles. The maximum Gasteiger partial charge on any atom is 0.264 e. The van der Waals surface area contributed by atoms with Crippen LogP contribution in [0.15, 0.2) is 82.6 Å². The van der Waals surface area contributed by atoms with Crippen molar-refractivity contribution >= 4 is 39.3 Å². The van der Waals surface area contributed by atoms with Gasteiger partial charge >= 0.3 is 0 Å². The molecule has 226 valence electrons. The van der Waals surface area contributed by atoms with E-state index in [1.54, 1.807) is 74.7 Å². The molecular formula is C31H39N3O6S2. The largest absolute Gasteiger partial charge is 0.497 e. The normalized spacial score (nSPS) is 12.0. The highest BCUT2D eigenvalue weighted by Gasteiger charge is 2.32.